The van der Waals surface area contributed by atoms with E-state index < -0.39 is 0 Å². The molecule has 0 saturated carbocycles. The van der Waals surface area contributed by atoms with Gasteiger partial charge in [0, 0.05) is 22.3 Å². The van der Waals surface area contributed by atoms with E-state index in [9.17, 15) is 5.53 Å². The van der Waals surface area contributed by atoms with Crippen LogP contribution in [0, 0.1) is 13.8 Å². The van der Waals surface area contributed by atoms with E-state index in [1.165, 1.54) is 211 Å². The SMILES string of the molecule is CCCCCCCCC1=C(c2cc(CCCC)cc(CCCC)c2)[N+](=[N-])C(c2cc(CCCC)cc(CCCC)c2)=C1CCCC.[CH2-]CCCCCCCC.[CH2-]CCCCCCCC.[Pd+2]. The fourth-order valence-corrected chi connectivity index (χ4v) is 9.03. The quantitative estimate of drug-likeness (QED) is 0.0281. The van der Waals surface area contributed by atoms with E-state index >= 15 is 0 Å². The van der Waals surface area contributed by atoms with Crippen LogP contribution >= 0.6 is 0 Å². The van der Waals surface area contributed by atoms with Gasteiger partial charge in [0.25, 0.3) is 0 Å². The van der Waals surface area contributed by atoms with Gasteiger partial charge >= 0.3 is 20.4 Å². The molecule has 2 aromatic carbocycles. The van der Waals surface area contributed by atoms with Crippen molar-refractivity contribution in [2.45, 2.75) is 287 Å². The summed E-state index contributed by atoms with van der Waals surface area (Å²) in [6.45, 7) is 25.9. The topological polar surface area (TPSA) is 25.3 Å². The predicted octanol–water partition coefficient (Wildman–Crippen LogP) is 21.3. The molecule has 374 valence electrons. The van der Waals surface area contributed by atoms with E-state index in [-0.39, 0.29) is 20.4 Å². The number of hydrogen-bond donors (Lipinski definition) is 0. The summed E-state index contributed by atoms with van der Waals surface area (Å²) < 4.78 is 1.66. The van der Waals surface area contributed by atoms with Gasteiger partial charge in [-0.05, 0) is 124 Å². The molecule has 2 aromatic rings. The van der Waals surface area contributed by atoms with Crippen LogP contribution < -0.4 is 0 Å². The first kappa shape index (κ1) is 63.2. The number of nitrogens with zero attached hydrogens (tertiary/aromatic N) is 2. The molecule has 1 aliphatic rings. The molecule has 1 heterocycles. The molecule has 3 heteroatoms. The van der Waals surface area contributed by atoms with Crippen molar-refractivity contribution in [3.05, 3.63) is 100 Å². The Morgan fingerprint density at radius 3 is 0.862 bits per heavy atom. The van der Waals surface area contributed by atoms with E-state index in [1.807, 2.05) is 0 Å². The zero-order valence-corrected chi connectivity index (χ0v) is 46.1. The van der Waals surface area contributed by atoms with E-state index in [4.69, 9.17) is 0 Å². The average Bonchev–Trinajstić information content (AvgIpc) is 3.59. The summed E-state index contributed by atoms with van der Waals surface area (Å²) in [6, 6.07) is 14.5. The first-order valence-corrected chi connectivity index (χ1v) is 28.1. The number of benzene rings is 2. The van der Waals surface area contributed by atoms with Crippen LogP contribution in [0.2, 0.25) is 0 Å². The van der Waals surface area contributed by atoms with Crippen LogP contribution in [0.25, 0.3) is 16.9 Å². The Morgan fingerprint density at radius 1 is 0.323 bits per heavy atom. The van der Waals surface area contributed by atoms with Gasteiger partial charge in [-0.25, -0.2) is 4.70 Å². The second-order valence-electron chi connectivity index (χ2n) is 19.3. The molecule has 1 aliphatic heterocycles. The summed E-state index contributed by atoms with van der Waals surface area (Å²) in [7, 11) is 0. The second kappa shape index (κ2) is 43.5. The van der Waals surface area contributed by atoms with Crippen molar-refractivity contribution in [1.29, 1.82) is 0 Å². The Morgan fingerprint density at radius 2 is 0.569 bits per heavy atom. The number of aryl methyl sites for hydroxylation is 4. The Bertz CT molecular complexity index is 1440. The van der Waals surface area contributed by atoms with Crippen LogP contribution in [0.4, 0.5) is 0 Å². The first-order chi connectivity index (χ1) is 31.3. The van der Waals surface area contributed by atoms with Gasteiger partial charge in [-0.2, -0.15) is 12.8 Å². The molecular weight excluding hydrogens is 879 g/mol. The maximum Gasteiger partial charge on any atom is 2.00 e. The van der Waals surface area contributed by atoms with E-state index in [1.54, 1.807) is 4.70 Å². The molecule has 0 unspecified atom stereocenters. The molecule has 0 fully saturated rings. The van der Waals surface area contributed by atoms with Crippen LogP contribution in [0.5, 0.6) is 0 Å². The summed E-state index contributed by atoms with van der Waals surface area (Å²) in [4.78, 5) is 0. The molecule has 0 N–H and O–H groups in total. The third kappa shape index (κ3) is 27.7. The Hall–Kier alpha value is -1.82. The molecule has 0 bridgehead atoms. The van der Waals surface area contributed by atoms with Gasteiger partial charge in [0.15, 0.2) is 0 Å². The number of hydrogen-bond acceptors (Lipinski definition) is 0. The third-order valence-electron chi connectivity index (χ3n) is 13.1. The predicted molar refractivity (Wildman–Crippen MR) is 289 cm³/mol. The van der Waals surface area contributed by atoms with E-state index in [0.717, 1.165) is 75.6 Å². The minimum absolute atomic E-state index is 0. The molecule has 0 radical (unpaired) electrons. The fraction of sp³-hybridized carbons (Fsp3) is 0.710. The van der Waals surface area contributed by atoms with Gasteiger partial charge in [0.1, 0.15) is 0 Å². The van der Waals surface area contributed by atoms with Gasteiger partial charge in [0.2, 0.25) is 11.4 Å². The van der Waals surface area contributed by atoms with Crippen LogP contribution in [0.1, 0.15) is 294 Å². The molecule has 0 spiro atoms. The maximum atomic E-state index is 12.5. The summed E-state index contributed by atoms with van der Waals surface area (Å²) in [5.74, 6) is 0. The third-order valence-corrected chi connectivity index (χ3v) is 13.1. The molecular formula is C62H106N2Pd. The summed E-state index contributed by atoms with van der Waals surface area (Å²) in [6.07, 6.45) is 45.1. The van der Waals surface area contributed by atoms with Crippen molar-refractivity contribution in [2.75, 3.05) is 0 Å². The molecule has 3 rings (SSSR count). The van der Waals surface area contributed by atoms with Crippen LogP contribution in [0.15, 0.2) is 47.5 Å². The molecule has 0 aromatic heterocycles. The largest absolute Gasteiger partial charge is 2.00 e. The molecule has 65 heavy (non-hydrogen) atoms. The minimum Gasteiger partial charge on any atom is -0.493 e. The van der Waals surface area contributed by atoms with Crippen molar-refractivity contribution < 1.29 is 25.1 Å². The molecule has 0 saturated heterocycles. The zero-order chi connectivity index (χ0) is 47.0. The van der Waals surface area contributed by atoms with Gasteiger partial charge in [-0.1, -0.05) is 209 Å². The monoisotopic (exact) mass is 985 g/mol. The van der Waals surface area contributed by atoms with E-state index in [2.05, 4.69) is 106 Å². The van der Waals surface area contributed by atoms with Crippen molar-refractivity contribution in [2.24, 2.45) is 0 Å². The van der Waals surface area contributed by atoms with Crippen molar-refractivity contribution >= 4 is 11.4 Å². The molecule has 0 amide bonds. The molecule has 0 atom stereocenters. The smallest absolute Gasteiger partial charge is 0.493 e. The van der Waals surface area contributed by atoms with Crippen molar-refractivity contribution in [1.82, 2.24) is 0 Å². The fourth-order valence-electron chi connectivity index (χ4n) is 9.03. The van der Waals surface area contributed by atoms with Gasteiger partial charge in [0.05, 0.1) is 0 Å². The first-order valence-electron chi connectivity index (χ1n) is 28.1. The van der Waals surface area contributed by atoms with Gasteiger partial charge in [-0.15, -0.1) is 0 Å². The second-order valence-corrected chi connectivity index (χ2v) is 19.3. The summed E-state index contributed by atoms with van der Waals surface area (Å²) in [5, 5.41) is 0. The summed E-state index contributed by atoms with van der Waals surface area (Å²) >= 11 is 0. The normalized spacial score (nSPS) is 12.3. The van der Waals surface area contributed by atoms with Crippen molar-refractivity contribution in [3.8, 4) is 0 Å². The van der Waals surface area contributed by atoms with Crippen LogP contribution in [-0.2, 0) is 46.1 Å². The zero-order valence-electron chi connectivity index (χ0n) is 44.5. The number of rotatable bonds is 36. The van der Waals surface area contributed by atoms with E-state index in [0.29, 0.717) is 0 Å². The minimum atomic E-state index is 0. The Kier molecular flexibility index (Phi) is 42.2. The van der Waals surface area contributed by atoms with Crippen LogP contribution in [0.3, 0.4) is 0 Å². The Labute approximate surface area is 421 Å². The average molecular weight is 986 g/mol. The Balaban J connectivity index is 0.00000180. The van der Waals surface area contributed by atoms with Gasteiger partial charge < -0.3 is 19.4 Å². The molecule has 2 nitrogen and oxygen atoms in total. The summed E-state index contributed by atoms with van der Waals surface area (Å²) in [5.41, 5.74) is 25.5. The molecule has 0 aliphatic carbocycles. The van der Waals surface area contributed by atoms with Gasteiger partial charge in [-0.3, -0.25) is 0 Å². The standard InChI is InChI=1S/C44H68N2.2C9H19.Pd/c1-7-13-19-20-21-22-28-42-41(27-18-12-6)43(39-31-35(23-14-8-2)29-36(32-39)24-15-9-3)46(45)44(42)40-33-37(25-16-10-4)30-38(34-40)26-17-11-5;2*1-3-5-7-9-8-6-4-2;/h29-34H,7-28H2,1-6H3;2*1,3-9H2,2H3;/q;2*-1;+2. The number of unbranched alkanes of at least 4 members (excludes halogenated alkanes) is 22. The maximum absolute atomic E-state index is 12.5. The van der Waals surface area contributed by atoms with Crippen molar-refractivity contribution in [3.63, 3.8) is 0 Å². The van der Waals surface area contributed by atoms with Crippen LogP contribution in [-0.4, -0.2) is 4.70 Å². The number of allylic oxidation sites excluding steroid dienone is 2.